The molecule has 0 aliphatic rings. The number of hydrogen-bond donors (Lipinski definition) is 2. The van der Waals surface area contributed by atoms with Crippen molar-refractivity contribution >= 4 is 33.2 Å². The van der Waals surface area contributed by atoms with Crippen LogP contribution in [0.2, 0.25) is 0 Å². The fourth-order valence-electron chi connectivity index (χ4n) is 4.15. The molecule has 2 N–H and O–H groups in total. The van der Waals surface area contributed by atoms with Crippen LogP contribution in [0.15, 0.2) is 97.1 Å². The largest absolute Gasteiger partial charge is 0.348 e. The van der Waals surface area contributed by atoms with Gasteiger partial charge in [0.2, 0.25) is 10.0 Å². The van der Waals surface area contributed by atoms with Crippen molar-refractivity contribution in [1.82, 2.24) is 5.32 Å². The maximum Gasteiger partial charge on any atom is 0.255 e. The molecule has 2 amide bonds. The molecule has 39 heavy (non-hydrogen) atoms. The summed E-state index contributed by atoms with van der Waals surface area (Å²) < 4.78 is 26.6. The van der Waals surface area contributed by atoms with Crippen LogP contribution in [-0.4, -0.2) is 26.5 Å². The third-order valence-electron chi connectivity index (χ3n) is 6.29. The van der Waals surface area contributed by atoms with Crippen LogP contribution in [0.25, 0.3) is 0 Å². The van der Waals surface area contributed by atoms with E-state index in [1.165, 1.54) is 10.6 Å². The quantitative estimate of drug-likeness (QED) is 0.295. The number of carbonyl (C=O) groups is 2. The maximum atomic E-state index is 13.0. The standard InChI is InChI=1S/C31H31N3O4S/c1-22-13-14-23(2)29(19-22)34(39(3,37)38)21-25-15-17-26(18-16-25)30(35)33-28-12-8-7-11-27(28)31(36)32-20-24-9-5-4-6-10-24/h4-19H,20-21H2,1-3H3,(H,32,36)(H,33,35). The highest BCUT2D eigenvalue weighted by Gasteiger charge is 2.20. The van der Waals surface area contributed by atoms with Crippen LogP contribution in [-0.2, 0) is 23.1 Å². The summed E-state index contributed by atoms with van der Waals surface area (Å²) in [7, 11) is -3.54. The minimum Gasteiger partial charge on any atom is -0.348 e. The number of carbonyl (C=O) groups excluding carboxylic acids is 2. The predicted octanol–water partition coefficient (Wildman–Crippen LogP) is 5.45. The van der Waals surface area contributed by atoms with Crippen LogP contribution in [0, 0.1) is 13.8 Å². The first kappa shape index (κ1) is 27.6. The Bertz CT molecular complexity index is 1580. The second-order valence-corrected chi connectivity index (χ2v) is 11.3. The zero-order valence-electron chi connectivity index (χ0n) is 22.1. The van der Waals surface area contributed by atoms with Crippen molar-refractivity contribution in [3.05, 3.63) is 130 Å². The molecule has 4 aromatic rings. The number of anilines is 2. The third kappa shape index (κ3) is 7.12. The van der Waals surface area contributed by atoms with Crippen molar-refractivity contribution in [2.24, 2.45) is 0 Å². The number of nitrogens with one attached hydrogen (secondary N) is 2. The summed E-state index contributed by atoms with van der Waals surface area (Å²) in [4.78, 5) is 25.8. The maximum absolute atomic E-state index is 13.0. The molecule has 0 aromatic heterocycles. The normalized spacial score (nSPS) is 11.1. The molecule has 4 rings (SSSR count). The van der Waals surface area contributed by atoms with Crippen LogP contribution in [0.4, 0.5) is 11.4 Å². The number of benzene rings is 4. The van der Waals surface area contributed by atoms with E-state index >= 15 is 0 Å². The molecule has 4 aromatic carbocycles. The fraction of sp³-hybridized carbons (Fsp3) is 0.161. The van der Waals surface area contributed by atoms with Gasteiger partial charge in [-0.1, -0.05) is 66.7 Å². The summed E-state index contributed by atoms with van der Waals surface area (Å²) in [6.45, 7) is 4.30. The van der Waals surface area contributed by atoms with Gasteiger partial charge in [0.05, 0.1) is 29.7 Å². The van der Waals surface area contributed by atoms with E-state index in [1.807, 2.05) is 62.4 Å². The molecule has 200 valence electrons. The van der Waals surface area contributed by atoms with Crippen molar-refractivity contribution in [2.75, 3.05) is 15.9 Å². The second kappa shape index (κ2) is 12.0. The summed E-state index contributed by atoms with van der Waals surface area (Å²) in [6, 6.07) is 28.9. The van der Waals surface area contributed by atoms with Gasteiger partial charge in [0, 0.05) is 12.1 Å². The van der Waals surface area contributed by atoms with Gasteiger partial charge in [0.15, 0.2) is 0 Å². The van der Waals surface area contributed by atoms with E-state index in [2.05, 4.69) is 10.6 Å². The van der Waals surface area contributed by atoms with Gasteiger partial charge in [0.25, 0.3) is 11.8 Å². The van der Waals surface area contributed by atoms with Gasteiger partial charge >= 0.3 is 0 Å². The molecule has 0 aliphatic heterocycles. The number of rotatable bonds is 9. The lowest BCUT2D eigenvalue weighted by atomic mass is 10.1. The van der Waals surface area contributed by atoms with Crippen molar-refractivity contribution in [3.8, 4) is 0 Å². The molecule has 0 heterocycles. The lowest BCUT2D eigenvalue weighted by molar-refractivity contribution is 0.0951. The monoisotopic (exact) mass is 541 g/mol. The Balaban J connectivity index is 1.47. The van der Waals surface area contributed by atoms with Crippen molar-refractivity contribution < 1.29 is 18.0 Å². The topological polar surface area (TPSA) is 95.6 Å². The number of nitrogens with zero attached hydrogens (tertiary/aromatic N) is 1. The highest BCUT2D eigenvalue weighted by Crippen LogP contribution is 2.26. The van der Waals surface area contributed by atoms with Crippen molar-refractivity contribution in [3.63, 3.8) is 0 Å². The predicted molar refractivity (Wildman–Crippen MR) is 155 cm³/mol. The van der Waals surface area contributed by atoms with Crippen LogP contribution < -0.4 is 14.9 Å². The summed E-state index contributed by atoms with van der Waals surface area (Å²) >= 11 is 0. The Morgan fingerprint density at radius 1 is 0.769 bits per heavy atom. The fourth-order valence-corrected chi connectivity index (χ4v) is 5.09. The van der Waals surface area contributed by atoms with Crippen LogP contribution in [0.3, 0.4) is 0 Å². The van der Waals surface area contributed by atoms with Crippen LogP contribution in [0.1, 0.15) is 43.0 Å². The van der Waals surface area contributed by atoms with E-state index in [1.54, 1.807) is 48.5 Å². The minimum absolute atomic E-state index is 0.134. The molecule has 0 atom stereocenters. The van der Waals surface area contributed by atoms with E-state index in [4.69, 9.17) is 0 Å². The lowest BCUT2D eigenvalue weighted by Crippen LogP contribution is -2.30. The molecule has 0 saturated carbocycles. The second-order valence-electron chi connectivity index (χ2n) is 9.42. The average molecular weight is 542 g/mol. The van der Waals surface area contributed by atoms with Gasteiger partial charge in [-0.05, 0) is 66.4 Å². The molecular formula is C31H31N3O4S. The van der Waals surface area contributed by atoms with Gasteiger partial charge < -0.3 is 10.6 Å². The number of para-hydroxylation sites is 1. The lowest BCUT2D eigenvalue weighted by Gasteiger charge is -2.25. The highest BCUT2D eigenvalue weighted by atomic mass is 32.2. The number of aryl methyl sites for hydroxylation is 2. The van der Waals surface area contributed by atoms with Crippen LogP contribution in [0.5, 0.6) is 0 Å². The molecule has 0 aliphatic carbocycles. The Hall–Kier alpha value is -4.43. The van der Waals surface area contributed by atoms with Crippen molar-refractivity contribution in [2.45, 2.75) is 26.9 Å². The van der Waals surface area contributed by atoms with Crippen molar-refractivity contribution in [1.29, 1.82) is 0 Å². The minimum atomic E-state index is -3.54. The Morgan fingerprint density at radius 2 is 1.44 bits per heavy atom. The third-order valence-corrected chi connectivity index (χ3v) is 7.42. The van der Waals surface area contributed by atoms with E-state index < -0.39 is 10.0 Å². The van der Waals surface area contributed by atoms with Crippen LogP contribution >= 0.6 is 0 Å². The van der Waals surface area contributed by atoms with E-state index in [0.29, 0.717) is 29.0 Å². The van der Waals surface area contributed by atoms with Gasteiger partial charge in [-0.2, -0.15) is 0 Å². The molecule has 0 radical (unpaired) electrons. The zero-order chi connectivity index (χ0) is 28.0. The molecule has 0 unspecified atom stereocenters. The average Bonchev–Trinajstić information content (AvgIpc) is 2.92. The van der Waals surface area contributed by atoms with Gasteiger partial charge in [0.1, 0.15) is 0 Å². The number of amides is 2. The van der Waals surface area contributed by atoms with E-state index in [9.17, 15) is 18.0 Å². The molecule has 0 spiro atoms. The zero-order valence-corrected chi connectivity index (χ0v) is 23.0. The smallest absolute Gasteiger partial charge is 0.255 e. The Labute approximate surface area is 229 Å². The molecular weight excluding hydrogens is 510 g/mol. The molecule has 0 bridgehead atoms. The highest BCUT2D eigenvalue weighted by molar-refractivity contribution is 7.92. The first-order valence-electron chi connectivity index (χ1n) is 12.5. The van der Waals surface area contributed by atoms with E-state index in [0.717, 1.165) is 22.3 Å². The summed E-state index contributed by atoms with van der Waals surface area (Å²) in [6.07, 6.45) is 1.18. The van der Waals surface area contributed by atoms with Gasteiger partial charge in [-0.3, -0.25) is 13.9 Å². The summed E-state index contributed by atoms with van der Waals surface area (Å²) in [5, 5.41) is 5.71. The first-order chi connectivity index (χ1) is 18.6. The number of hydrogen-bond acceptors (Lipinski definition) is 4. The Kier molecular flexibility index (Phi) is 8.46. The van der Waals surface area contributed by atoms with Gasteiger partial charge in [-0.15, -0.1) is 0 Å². The Morgan fingerprint density at radius 3 is 2.13 bits per heavy atom. The number of sulfonamides is 1. The van der Waals surface area contributed by atoms with E-state index in [-0.39, 0.29) is 18.4 Å². The first-order valence-corrected chi connectivity index (χ1v) is 14.3. The summed E-state index contributed by atoms with van der Waals surface area (Å²) in [5.41, 5.74) is 5.29. The summed E-state index contributed by atoms with van der Waals surface area (Å²) in [5.74, 6) is -0.670. The molecule has 7 nitrogen and oxygen atoms in total. The van der Waals surface area contributed by atoms with Gasteiger partial charge in [-0.25, -0.2) is 8.42 Å². The SMILES string of the molecule is Cc1ccc(C)c(N(Cc2ccc(C(=O)Nc3ccccc3C(=O)NCc3ccccc3)cc2)S(C)(=O)=O)c1. The molecule has 8 heteroatoms. The molecule has 0 fully saturated rings. The molecule has 0 saturated heterocycles.